The molecule has 0 spiro atoms. The molecule has 1 aromatic rings. The van der Waals surface area contributed by atoms with Crippen LogP contribution in [0, 0.1) is 0 Å². The van der Waals surface area contributed by atoms with Gasteiger partial charge in [-0.15, -0.1) is 0 Å². The number of Topliss-reactive ketones (excluding diaryl/α,β-unsaturated/α-hetero) is 3. The SMILES string of the molecule is CC(=O)C(O)[C@H]1O[C@@H](Oc2nc[nH]c2C(N)=O)[C@@](O)(C(C)=O)[C@@]1(O)C(C)=O. The summed E-state index contributed by atoms with van der Waals surface area (Å²) >= 11 is 0. The van der Waals surface area contributed by atoms with Gasteiger partial charge in [0.2, 0.25) is 17.8 Å². The lowest BCUT2D eigenvalue weighted by atomic mass is 9.73. The second-order valence-electron chi connectivity index (χ2n) is 6.15. The van der Waals surface area contributed by atoms with Crippen molar-refractivity contribution in [2.45, 2.75) is 50.5 Å². The smallest absolute Gasteiger partial charge is 0.270 e. The third-order valence-corrected chi connectivity index (χ3v) is 4.45. The van der Waals surface area contributed by atoms with Gasteiger partial charge < -0.3 is 35.5 Å². The minimum absolute atomic E-state index is 0.341. The number of nitrogens with two attached hydrogens (primary N) is 1. The standard InChI is InChI=1S/C15H19N3O9/c1-5(19)9(22)10-14(24,6(2)20)15(25,7(3)21)13(26-10)27-12-8(11(16)23)17-4-18-12/h4,9-10,13,22,24-25H,1-3H3,(H2,16,23)(H,17,18)/t9?,10-,13+,14-,15+/m1/s1. The Morgan fingerprint density at radius 3 is 2.22 bits per heavy atom. The van der Waals surface area contributed by atoms with Crippen molar-refractivity contribution in [1.82, 2.24) is 9.97 Å². The molecule has 1 aliphatic heterocycles. The van der Waals surface area contributed by atoms with E-state index in [-0.39, 0.29) is 5.69 Å². The highest BCUT2D eigenvalue weighted by atomic mass is 16.7. The minimum Gasteiger partial charge on any atom is -0.442 e. The number of nitrogens with zero attached hydrogens (tertiary/aromatic N) is 1. The van der Waals surface area contributed by atoms with Crippen LogP contribution in [-0.2, 0) is 19.1 Å². The second-order valence-corrected chi connectivity index (χ2v) is 6.15. The van der Waals surface area contributed by atoms with Crippen LogP contribution in [0.2, 0.25) is 0 Å². The lowest BCUT2D eigenvalue weighted by Gasteiger charge is -2.37. The van der Waals surface area contributed by atoms with Gasteiger partial charge in [0.05, 0.1) is 6.33 Å². The zero-order valence-electron chi connectivity index (χ0n) is 14.6. The second kappa shape index (κ2) is 6.81. The predicted molar refractivity (Wildman–Crippen MR) is 84.3 cm³/mol. The Labute approximate surface area is 152 Å². The minimum atomic E-state index is -3.02. The van der Waals surface area contributed by atoms with Gasteiger partial charge in [0.1, 0.15) is 12.2 Å². The number of H-pyrrole nitrogens is 1. The first-order valence-corrected chi connectivity index (χ1v) is 7.69. The van der Waals surface area contributed by atoms with Crippen molar-refractivity contribution in [3.05, 3.63) is 12.0 Å². The highest BCUT2D eigenvalue weighted by Gasteiger charge is 2.74. The van der Waals surface area contributed by atoms with E-state index >= 15 is 0 Å². The number of aromatic nitrogens is 2. The first-order valence-electron chi connectivity index (χ1n) is 7.69. The third kappa shape index (κ3) is 2.92. The number of rotatable bonds is 7. The number of ketones is 3. The number of aliphatic hydroxyl groups is 3. The predicted octanol–water partition coefficient (Wildman–Crippen LogP) is -2.80. The summed E-state index contributed by atoms with van der Waals surface area (Å²) in [5.74, 6) is -4.69. The first kappa shape index (κ1) is 20.6. The van der Waals surface area contributed by atoms with Crippen LogP contribution in [0.1, 0.15) is 31.3 Å². The normalized spacial score (nSPS) is 31.3. The molecule has 1 fully saturated rings. The van der Waals surface area contributed by atoms with Crippen molar-refractivity contribution in [1.29, 1.82) is 0 Å². The Hall–Kier alpha value is -2.67. The van der Waals surface area contributed by atoms with Crippen molar-refractivity contribution in [3.63, 3.8) is 0 Å². The van der Waals surface area contributed by atoms with Crippen molar-refractivity contribution in [3.8, 4) is 5.88 Å². The highest BCUT2D eigenvalue weighted by Crippen LogP contribution is 2.44. The Morgan fingerprint density at radius 1 is 1.22 bits per heavy atom. The summed E-state index contributed by atoms with van der Waals surface area (Å²) in [7, 11) is 0. The molecule has 1 unspecified atom stereocenters. The maximum absolute atomic E-state index is 12.2. The molecule has 2 rings (SSSR count). The molecule has 12 nitrogen and oxygen atoms in total. The van der Waals surface area contributed by atoms with Gasteiger partial charge in [0.15, 0.2) is 28.6 Å². The fraction of sp³-hybridized carbons (Fsp3) is 0.533. The molecule has 148 valence electrons. The van der Waals surface area contributed by atoms with E-state index in [1.54, 1.807) is 0 Å². The van der Waals surface area contributed by atoms with Gasteiger partial charge in [-0.2, -0.15) is 0 Å². The van der Waals surface area contributed by atoms with Crippen LogP contribution in [-0.4, -0.2) is 78.2 Å². The molecule has 1 saturated heterocycles. The average molecular weight is 385 g/mol. The third-order valence-electron chi connectivity index (χ3n) is 4.45. The molecule has 27 heavy (non-hydrogen) atoms. The van der Waals surface area contributed by atoms with Crippen LogP contribution in [0.15, 0.2) is 6.33 Å². The summed E-state index contributed by atoms with van der Waals surface area (Å²) in [4.78, 5) is 53.2. The van der Waals surface area contributed by atoms with Crippen LogP contribution in [0.3, 0.4) is 0 Å². The lowest BCUT2D eigenvalue weighted by Crippen LogP contribution is -2.69. The molecule has 0 saturated carbocycles. The van der Waals surface area contributed by atoms with Crippen molar-refractivity contribution < 1.29 is 44.0 Å². The molecular formula is C15H19N3O9. The Bertz CT molecular complexity index is 806. The van der Waals surface area contributed by atoms with Gasteiger partial charge in [0.25, 0.3) is 5.91 Å². The number of ether oxygens (including phenoxy) is 2. The highest BCUT2D eigenvalue weighted by molar-refractivity contribution is 6.00. The zero-order chi connectivity index (χ0) is 20.7. The summed E-state index contributed by atoms with van der Waals surface area (Å²) in [6.07, 6.45) is -5.16. The number of hydrogen-bond acceptors (Lipinski definition) is 10. The number of aliphatic hydroxyl groups excluding tert-OH is 1. The number of nitrogens with one attached hydrogen (secondary N) is 1. The molecule has 0 aliphatic carbocycles. The number of aromatic amines is 1. The molecule has 0 radical (unpaired) electrons. The first-order chi connectivity index (χ1) is 12.4. The average Bonchev–Trinajstić information content (AvgIpc) is 3.12. The topological polar surface area (TPSA) is 202 Å². The number of hydrogen-bond donors (Lipinski definition) is 5. The van der Waals surface area contributed by atoms with Crippen LogP contribution in [0.25, 0.3) is 0 Å². The van der Waals surface area contributed by atoms with Crippen molar-refractivity contribution >= 4 is 23.3 Å². The van der Waals surface area contributed by atoms with Crippen LogP contribution >= 0.6 is 0 Å². The van der Waals surface area contributed by atoms with E-state index in [2.05, 4.69) is 9.97 Å². The molecule has 6 N–H and O–H groups in total. The Morgan fingerprint density at radius 2 is 1.78 bits per heavy atom. The fourth-order valence-electron chi connectivity index (χ4n) is 2.91. The number of carbonyl (C=O) groups excluding carboxylic acids is 4. The zero-order valence-corrected chi connectivity index (χ0v) is 14.6. The van der Waals surface area contributed by atoms with Crippen LogP contribution < -0.4 is 10.5 Å². The van der Waals surface area contributed by atoms with Gasteiger partial charge >= 0.3 is 0 Å². The van der Waals surface area contributed by atoms with E-state index in [4.69, 9.17) is 15.2 Å². The van der Waals surface area contributed by atoms with Crippen molar-refractivity contribution in [2.75, 3.05) is 0 Å². The number of amides is 1. The van der Waals surface area contributed by atoms with Crippen LogP contribution in [0.5, 0.6) is 5.88 Å². The quantitative estimate of drug-likeness (QED) is 0.326. The molecule has 2 heterocycles. The number of primary amides is 1. The van der Waals surface area contributed by atoms with E-state index in [0.717, 1.165) is 27.1 Å². The van der Waals surface area contributed by atoms with Gasteiger partial charge in [-0.05, 0) is 20.8 Å². The van der Waals surface area contributed by atoms with Crippen molar-refractivity contribution in [2.24, 2.45) is 5.73 Å². The number of imidazole rings is 1. The fourth-order valence-corrected chi connectivity index (χ4v) is 2.91. The molecule has 12 heteroatoms. The largest absolute Gasteiger partial charge is 0.442 e. The monoisotopic (exact) mass is 385 g/mol. The molecule has 5 atom stereocenters. The number of carbonyl (C=O) groups is 4. The summed E-state index contributed by atoms with van der Waals surface area (Å²) in [6, 6.07) is 0. The molecule has 1 aromatic heterocycles. The maximum Gasteiger partial charge on any atom is 0.270 e. The summed E-state index contributed by atoms with van der Waals surface area (Å²) < 4.78 is 10.4. The lowest BCUT2D eigenvalue weighted by molar-refractivity contribution is -0.192. The summed E-state index contributed by atoms with van der Waals surface area (Å²) in [6.45, 7) is 2.63. The molecule has 1 amide bonds. The summed E-state index contributed by atoms with van der Waals surface area (Å²) in [5.41, 5.74) is -1.25. The molecule has 0 bridgehead atoms. The summed E-state index contributed by atoms with van der Waals surface area (Å²) in [5, 5.41) is 31.8. The van der Waals surface area contributed by atoms with Gasteiger partial charge in [-0.3, -0.25) is 19.2 Å². The maximum atomic E-state index is 12.2. The van der Waals surface area contributed by atoms with Crippen LogP contribution in [0.4, 0.5) is 0 Å². The van der Waals surface area contributed by atoms with Gasteiger partial charge in [0, 0.05) is 0 Å². The molecular weight excluding hydrogens is 366 g/mol. The Balaban J connectivity index is 2.58. The van der Waals surface area contributed by atoms with E-state index < -0.39 is 58.8 Å². The van der Waals surface area contributed by atoms with E-state index in [0.29, 0.717) is 0 Å². The Kier molecular flexibility index (Phi) is 5.21. The molecule has 0 aromatic carbocycles. The van der Waals surface area contributed by atoms with E-state index in [1.807, 2.05) is 0 Å². The van der Waals surface area contributed by atoms with Gasteiger partial charge in [-0.1, -0.05) is 0 Å². The van der Waals surface area contributed by atoms with E-state index in [9.17, 15) is 34.5 Å². The molecule has 1 aliphatic rings. The van der Waals surface area contributed by atoms with Gasteiger partial charge in [-0.25, -0.2) is 4.98 Å². The van der Waals surface area contributed by atoms with E-state index in [1.165, 1.54) is 0 Å².